The minimum Gasteiger partial charge on any atom is -0.377 e. The number of ether oxygens (including phenoxy) is 1. The van der Waals surface area contributed by atoms with E-state index in [1.54, 1.807) is 12.1 Å². The Morgan fingerprint density at radius 1 is 1.58 bits per heavy atom. The molecule has 1 heterocycles. The lowest BCUT2D eigenvalue weighted by Crippen LogP contribution is -2.38. The number of hydrogen-bond donors (Lipinski definition) is 1. The zero-order valence-corrected chi connectivity index (χ0v) is 11.2. The average Bonchev–Trinajstić information content (AvgIpc) is 2.95. The number of nitrogens with one attached hydrogen (secondary N) is 1. The van der Waals surface area contributed by atoms with Crippen LogP contribution in [0, 0.1) is 17.1 Å². The van der Waals surface area contributed by atoms with E-state index in [0.717, 1.165) is 31.4 Å². The van der Waals surface area contributed by atoms with Crippen LogP contribution in [0.15, 0.2) is 18.2 Å². The first-order valence-electron chi connectivity index (χ1n) is 6.78. The highest BCUT2D eigenvalue weighted by molar-refractivity contribution is 5.34. The molecular formula is C15H19FN2O. The quantitative estimate of drug-likeness (QED) is 0.887. The van der Waals surface area contributed by atoms with E-state index in [1.807, 2.05) is 6.07 Å². The highest BCUT2D eigenvalue weighted by atomic mass is 19.1. The normalized spacial score (nSPS) is 20.2. The minimum atomic E-state index is -0.461. The monoisotopic (exact) mass is 262 g/mol. The van der Waals surface area contributed by atoms with Gasteiger partial charge in [0.05, 0.1) is 11.7 Å². The molecule has 0 aliphatic carbocycles. The summed E-state index contributed by atoms with van der Waals surface area (Å²) in [6.07, 6.45) is 3.49. The molecule has 0 saturated carbocycles. The summed E-state index contributed by atoms with van der Waals surface area (Å²) in [5, 5.41) is 12.3. The molecular weight excluding hydrogens is 243 g/mol. The third-order valence-electron chi connectivity index (χ3n) is 3.57. The molecule has 0 bridgehead atoms. The van der Waals surface area contributed by atoms with Gasteiger partial charge in [-0.1, -0.05) is 13.0 Å². The van der Waals surface area contributed by atoms with Gasteiger partial charge in [-0.2, -0.15) is 5.26 Å². The molecule has 1 saturated heterocycles. The molecule has 2 atom stereocenters. The van der Waals surface area contributed by atoms with E-state index in [9.17, 15) is 4.39 Å². The summed E-state index contributed by atoms with van der Waals surface area (Å²) in [7, 11) is 0. The second-order valence-corrected chi connectivity index (χ2v) is 4.87. The molecule has 0 amide bonds. The SMILES string of the molecule is CCC(NCc1ccc(F)c(C#N)c1)C1CCCO1. The van der Waals surface area contributed by atoms with Crippen LogP contribution in [0.25, 0.3) is 0 Å². The lowest BCUT2D eigenvalue weighted by Gasteiger charge is -2.23. The number of nitriles is 1. The molecule has 0 aromatic heterocycles. The maximum Gasteiger partial charge on any atom is 0.140 e. The van der Waals surface area contributed by atoms with Crippen molar-refractivity contribution in [2.45, 2.75) is 44.9 Å². The van der Waals surface area contributed by atoms with Crippen molar-refractivity contribution < 1.29 is 9.13 Å². The summed E-state index contributed by atoms with van der Waals surface area (Å²) < 4.78 is 18.9. The maximum absolute atomic E-state index is 13.2. The number of benzene rings is 1. The van der Waals surface area contributed by atoms with Crippen LogP contribution in [0.3, 0.4) is 0 Å². The van der Waals surface area contributed by atoms with Crippen molar-refractivity contribution in [2.75, 3.05) is 6.61 Å². The van der Waals surface area contributed by atoms with Crippen molar-refractivity contribution in [1.82, 2.24) is 5.32 Å². The number of hydrogen-bond acceptors (Lipinski definition) is 3. The van der Waals surface area contributed by atoms with Crippen LogP contribution in [-0.4, -0.2) is 18.8 Å². The Hall–Kier alpha value is -1.44. The third-order valence-corrected chi connectivity index (χ3v) is 3.57. The van der Waals surface area contributed by atoms with Gasteiger partial charge in [0.1, 0.15) is 11.9 Å². The second kappa shape index (κ2) is 6.65. The van der Waals surface area contributed by atoms with Crippen LogP contribution >= 0.6 is 0 Å². The molecule has 102 valence electrons. The van der Waals surface area contributed by atoms with E-state index in [-0.39, 0.29) is 11.7 Å². The molecule has 0 spiro atoms. The molecule has 4 heteroatoms. The van der Waals surface area contributed by atoms with Gasteiger partial charge in [-0.15, -0.1) is 0 Å². The molecule has 1 aromatic rings. The molecule has 1 N–H and O–H groups in total. The number of nitrogens with zero attached hydrogens (tertiary/aromatic N) is 1. The largest absolute Gasteiger partial charge is 0.377 e. The Morgan fingerprint density at radius 3 is 3.05 bits per heavy atom. The van der Waals surface area contributed by atoms with E-state index in [4.69, 9.17) is 10.00 Å². The Bertz CT molecular complexity index is 464. The molecule has 2 rings (SSSR count). The van der Waals surface area contributed by atoms with E-state index in [2.05, 4.69) is 12.2 Å². The summed E-state index contributed by atoms with van der Waals surface area (Å²) >= 11 is 0. The van der Waals surface area contributed by atoms with Gasteiger partial charge in [-0.3, -0.25) is 0 Å². The second-order valence-electron chi connectivity index (χ2n) is 4.87. The Balaban J connectivity index is 1.95. The molecule has 1 aliphatic rings. The van der Waals surface area contributed by atoms with Crippen LogP contribution < -0.4 is 5.32 Å². The van der Waals surface area contributed by atoms with E-state index in [0.29, 0.717) is 12.6 Å². The van der Waals surface area contributed by atoms with Crippen molar-refractivity contribution >= 4 is 0 Å². The van der Waals surface area contributed by atoms with Crippen molar-refractivity contribution in [1.29, 1.82) is 5.26 Å². The smallest absolute Gasteiger partial charge is 0.140 e. The van der Waals surface area contributed by atoms with Gasteiger partial charge in [0.15, 0.2) is 0 Å². The summed E-state index contributed by atoms with van der Waals surface area (Å²) in [4.78, 5) is 0. The van der Waals surface area contributed by atoms with Crippen LogP contribution in [0.1, 0.15) is 37.3 Å². The summed E-state index contributed by atoms with van der Waals surface area (Å²) in [6.45, 7) is 3.61. The fourth-order valence-corrected chi connectivity index (χ4v) is 2.48. The zero-order valence-electron chi connectivity index (χ0n) is 11.2. The van der Waals surface area contributed by atoms with Gasteiger partial charge >= 0.3 is 0 Å². The van der Waals surface area contributed by atoms with Crippen molar-refractivity contribution in [3.63, 3.8) is 0 Å². The Morgan fingerprint density at radius 2 is 2.42 bits per heavy atom. The average molecular weight is 262 g/mol. The van der Waals surface area contributed by atoms with Crippen LogP contribution in [-0.2, 0) is 11.3 Å². The predicted molar refractivity (Wildman–Crippen MR) is 71.0 cm³/mol. The predicted octanol–water partition coefficient (Wildman–Crippen LogP) is 2.74. The van der Waals surface area contributed by atoms with E-state index < -0.39 is 5.82 Å². The lowest BCUT2D eigenvalue weighted by atomic mass is 10.0. The first-order chi connectivity index (χ1) is 9.24. The van der Waals surface area contributed by atoms with Gasteiger partial charge in [-0.25, -0.2) is 4.39 Å². The zero-order chi connectivity index (χ0) is 13.7. The summed E-state index contributed by atoms with van der Waals surface area (Å²) in [5.41, 5.74) is 1.03. The van der Waals surface area contributed by atoms with Crippen LogP contribution in [0.4, 0.5) is 4.39 Å². The fourth-order valence-electron chi connectivity index (χ4n) is 2.48. The maximum atomic E-state index is 13.2. The van der Waals surface area contributed by atoms with Gasteiger partial charge in [-0.05, 0) is 37.0 Å². The van der Waals surface area contributed by atoms with Gasteiger partial charge in [0.2, 0.25) is 0 Å². The number of rotatable bonds is 5. The summed E-state index contributed by atoms with van der Waals surface area (Å²) in [6, 6.07) is 6.85. The highest BCUT2D eigenvalue weighted by Crippen LogP contribution is 2.18. The molecule has 1 fully saturated rings. The van der Waals surface area contributed by atoms with Gasteiger partial charge in [0, 0.05) is 19.2 Å². The van der Waals surface area contributed by atoms with Gasteiger partial charge in [0.25, 0.3) is 0 Å². The van der Waals surface area contributed by atoms with Crippen molar-refractivity contribution in [3.05, 3.63) is 35.1 Å². The minimum absolute atomic E-state index is 0.101. The molecule has 0 radical (unpaired) electrons. The molecule has 1 aliphatic heterocycles. The lowest BCUT2D eigenvalue weighted by molar-refractivity contribution is 0.0765. The first kappa shape index (κ1) is 14.0. The fraction of sp³-hybridized carbons (Fsp3) is 0.533. The van der Waals surface area contributed by atoms with Crippen molar-refractivity contribution in [3.8, 4) is 6.07 Å². The standard InChI is InChI=1S/C15H19FN2O/c1-2-14(15-4-3-7-19-15)18-10-11-5-6-13(16)12(8-11)9-17/h5-6,8,14-15,18H,2-4,7,10H2,1H3. The van der Waals surface area contributed by atoms with E-state index in [1.165, 1.54) is 6.07 Å². The van der Waals surface area contributed by atoms with Crippen LogP contribution in [0.2, 0.25) is 0 Å². The summed E-state index contributed by atoms with van der Waals surface area (Å²) in [5.74, 6) is -0.461. The van der Waals surface area contributed by atoms with E-state index >= 15 is 0 Å². The number of halogens is 1. The third kappa shape index (κ3) is 3.52. The van der Waals surface area contributed by atoms with Crippen LogP contribution in [0.5, 0.6) is 0 Å². The first-order valence-corrected chi connectivity index (χ1v) is 6.78. The molecule has 19 heavy (non-hydrogen) atoms. The Labute approximate surface area is 113 Å². The topological polar surface area (TPSA) is 45.0 Å². The molecule has 1 aromatic carbocycles. The van der Waals surface area contributed by atoms with Crippen molar-refractivity contribution in [2.24, 2.45) is 0 Å². The molecule has 2 unspecified atom stereocenters. The molecule has 3 nitrogen and oxygen atoms in total. The Kier molecular flexibility index (Phi) is 4.89. The van der Waals surface area contributed by atoms with Gasteiger partial charge < -0.3 is 10.1 Å². The highest BCUT2D eigenvalue weighted by Gasteiger charge is 2.23.